The number of nitrogens with one attached hydrogen (secondary N) is 1. The summed E-state index contributed by atoms with van der Waals surface area (Å²) < 4.78 is 0. The summed E-state index contributed by atoms with van der Waals surface area (Å²) in [4.78, 5) is 20.9. The molecule has 1 aromatic carbocycles. The average Bonchev–Trinajstić information content (AvgIpc) is 3.09. The van der Waals surface area contributed by atoms with Gasteiger partial charge < -0.3 is 5.32 Å². The number of amides is 1. The molecule has 134 valence electrons. The van der Waals surface area contributed by atoms with Crippen LogP contribution in [0.1, 0.15) is 38.4 Å². The molecule has 3 aromatic rings. The number of benzene rings is 1. The quantitative estimate of drug-likeness (QED) is 0.686. The van der Waals surface area contributed by atoms with E-state index in [0.717, 1.165) is 22.0 Å². The maximum absolute atomic E-state index is 12.2. The Bertz CT molecular complexity index is 864. The average molecular weight is 366 g/mol. The van der Waals surface area contributed by atoms with Crippen molar-refractivity contribution in [2.24, 2.45) is 0 Å². The van der Waals surface area contributed by atoms with E-state index >= 15 is 0 Å². The first-order valence-electron chi connectivity index (χ1n) is 8.67. The van der Waals surface area contributed by atoms with E-state index in [1.165, 1.54) is 5.56 Å². The van der Waals surface area contributed by atoms with E-state index in [4.69, 9.17) is 0 Å². The topological polar surface area (TPSA) is 54.9 Å². The summed E-state index contributed by atoms with van der Waals surface area (Å²) in [7, 11) is 0. The number of pyridine rings is 1. The second-order valence-electron chi connectivity index (χ2n) is 7.26. The third-order valence-electron chi connectivity index (χ3n) is 4.10. The molecule has 0 saturated heterocycles. The van der Waals surface area contributed by atoms with E-state index in [9.17, 15) is 4.79 Å². The van der Waals surface area contributed by atoms with Crippen LogP contribution in [0, 0.1) is 0 Å². The van der Waals surface area contributed by atoms with Crippen molar-refractivity contribution < 1.29 is 4.79 Å². The maximum atomic E-state index is 12.2. The van der Waals surface area contributed by atoms with Gasteiger partial charge in [0.15, 0.2) is 0 Å². The highest BCUT2D eigenvalue weighted by Gasteiger charge is 2.13. The van der Waals surface area contributed by atoms with E-state index in [1.807, 2.05) is 29.6 Å². The highest BCUT2D eigenvalue weighted by atomic mass is 32.1. The highest BCUT2D eigenvalue weighted by molar-refractivity contribution is 7.13. The molecule has 5 heteroatoms. The number of carbonyl (C=O) groups is 1. The highest BCUT2D eigenvalue weighted by Crippen LogP contribution is 2.24. The minimum Gasteiger partial charge on any atom is -0.326 e. The minimum absolute atomic E-state index is 0.00411. The van der Waals surface area contributed by atoms with Gasteiger partial charge in [0.25, 0.3) is 0 Å². The summed E-state index contributed by atoms with van der Waals surface area (Å²) >= 11 is 1.58. The number of carbonyl (C=O) groups excluding carboxylic acids is 1. The first-order chi connectivity index (χ1) is 12.4. The molecule has 3 rings (SSSR count). The summed E-state index contributed by atoms with van der Waals surface area (Å²) in [5.74, 6) is 0.00411. The maximum Gasteiger partial charge on any atom is 0.224 e. The molecule has 0 aliphatic heterocycles. The number of thiazole rings is 1. The zero-order valence-electron chi connectivity index (χ0n) is 15.3. The molecular weight excluding hydrogens is 342 g/mol. The van der Waals surface area contributed by atoms with Gasteiger partial charge in [-0.05, 0) is 41.7 Å². The number of hydrogen-bond donors (Lipinski definition) is 1. The molecule has 1 amide bonds. The molecule has 2 aromatic heterocycles. The van der Waals surface area contributed by atoms with Gasteiger partial charge in [-0.25, -0.2) is 4.98 Å². The van der Waals surface area contributed by atoms with Crippen molar-refractivity contribution >= 4 is 22.9 Å². The number of anilines is 1. The standard InChI is InChI=1S/C21H23N3OS/c1-21(2,3)16-6-8-17(9-7-16)23-19(25)11-10-18-14-26-20(24-18)15-5-4-12-22-13-15/h4-9,12-14H,10-11H2,1-3H3,(H,23,25). The second kappa shape index (κ2) is 7.79. The largest absolute Gasteiger partial charge is 0.326 e. The molecule has 0 radical (unpaired) electrons. The third-order valence-corrected chi connectivity index (χ3v) is 5.04. The summed E-state index contributed by atoms with van der Waals surface area (Å²) in [6.45, 7) is 6.52. The number of hydrogen-bond acceptors (Lipinski definition) is 4. The number of nitrogens with zero attached hydrogens (tertiary/aromatic N) is 2. The molecular formula is C21H23N3OS. The second-order valence-corrected chi connectivity index (χ2v) is 8.12. The lowest BCUT2D eigenvalue weighted by atomic mass is 9.87. The van der Waals surface area contributed by atoms with Crippen LogP contribution >= 0.6 is 11.3 Å². The zero-order valence-corrected chi connectivity index (χ0v) is 16.1. The van der Waals surface area contributed by atoms with Crippen LogP contribution in [-0.2, 0) is 16.6 Å². The number of aromatic nitrogens is 2. The monoisotopic (exact) mass is 365 g/mol. The van der Waals surface area contributed by atoms with Crippen molar-refractivity contribution in [3.63, 3.8) is 0 Å². The van der Waals surface area contributed by atoms with Crippen molar-refractivity contribution in [2.75, 3.05) is 5.32 Å². The molecule has 0 bridgehead atoms. The number of aryl methyl sites for hydroxylation is 1. The summed E-state index contributed by atoms with van der Waals surface area (Å²) in [6, 6.07) is 11.9. The van der Waals surface area contributed by atoms with Crippen molar-refractivity contribution in [1.82, 2.24) is 9.97 Å². The van der Waals surface area contributed by atoms with Gasteiger partial charge in [-0.3, -0.25) is 9.78 Å². The Morgan fingerprint density at radius 1 is 1.15 bits per heavy atom. The van der Waals surface area contributed by atoms with Crippen LogP contribution in [0.4, 0.5) is 5.69 Å². The minimum atomic E-state index is 0.00411. The normalized spacial score (nSPS) is 11.3. The van der Waals surface area contributed by atoms with Crippen LogP contribution in [0.5, 0.6) is 0 Å². The van der Waals surface area contributed by atoms with Crippen LogP contribution in [0.3, 0.4) is 0 Å². The van der Waals surface area contributed by atoms with Crippen LogP contribution in [0.25, 0.3) is 10.6 Å². The van der Waals surface area contributed by atoms with E-state index in [1.54, 1.807) is 23.7 Å². The fourth-order valence-corrected chi connectivity index (χ4v) is 3.41. The molecule has 0 spiro atoms. The molecule has 4 nitrogen and oxygen atoms in total. The van der Waals surface area contributed by atoms with E-state index in [2.05, 4.69) is 48.2 Å². The fraction of sp³-hybridized carbons (Fsp3) is 0.286. The molecule has 26 heavy (non-hydrogen) atoms. The Balaban J connectivity index is 1.54. The van der Waals surface area contributed by atoms with Gasteiger partial charge in [-0.1, -0.05) is 32.9 Å². The van der Waals surface area contributed by atoms with Gasteiger partial charge in [0.1, 0.15) is 5.01 Å². The molecule has 0 atom stereocenters. The first kappa shape index (κ1) is 18.3. The van der Waals surface area contributed by atoms with Crippen molar-refractivity contribution in [1.29, 1.82) is 0 Å². The van der Waals surface area contributed by atoms with E-state index in [0.29, 0.717) is 12.8 Å². The lowest BCUT2D eigenvalue weighted by molar-refractivity contribution is -0.116. The van der Waals surface area contributed by atoms with Crippen LogP contribution in [-0.4, -0.2) is 15.9 Å². The van der Waals surface area contributed by atoms with Crippen LogP contribution in [0.15, 0.2) is 54.2 Å². The predicted molar refractivity (Wildman–Crippen MR) is 107 cm³/mol. The lowest BCUT2D eigenvalue weighted by Crippen LogP contribution is -2.14. The summed E-state index contributed by atoms with van der Waals surface area (Å²) in [6.07, 6.45) is 4.59. The van der Waals surface area contributed by atoms with Gasteiger partial charge >= 0.3 is 0 Å². The molecule has 0 aliphatic rings. The Morgan fingerprint density at radius 2 is 1.92 bits per heavy atom. The Kier molecular flexibility index (Phi) is 5.47. The van der Waals surface area contributed by atoms with Crippen molar-refractivity contribution in [2.45, 2.75) is 39.0 Å². The van der Waals surface area contributed by atoms with Gasteiger partial charge in [0, 0.05) is 35.4 Å². The summed E-state index contributed by atoms with van der Waals surface area (Å²) in [5, 5.41) is 5.90. The summed E-state index contributed by atoms with van der Waals surface area (Å²) in [5.41, 5.74) is 4.14. The molecule has 0 aliphatic carbocycles. The van der Waals surface area contributed by atoms with Gasteiger partial charge in [0.05, 0.1) is 5.69 Å². The van der Waals surface area contributed by atoms with Gasteiger partial charge in [0.2, 0.25) is 5.91 Å². The third kappa shape index (κ3) is 4.76. The molecule has 2 heterocycles. The molecule has 1 N–H and O–H groups in total. The van der Waals surface area contributed by atoms with Crippen molar-refractivity contribution in [3.8, 4) is 10.6 Å². The van der Waals surface area contributed by atoms with Crippen molar-refractivity contribution in [3.05, 3.63) is 65.4 Å². The van der Waals surface area contributed by atoms with Crippen LogP contribution < -0.4 is 5.32 Å². The smallest absolute Gasteiger partial charge is 0.224 e. The SMILES string of the molecule is CC(C)(C)c1ccc(NC(=O)CCc2csc(-c3cccnc3)n2)cc1. The van der Waals surface area contributed by atoms with E-state index < -0.39 is 0 Å². The fourth-order valence-electron chi connectivity index (χ4n) is 2.56. The van der Waals surface area contributed by atoms with E-state index in [-0.39, 0.29) is 11.3 Å². The van der Waals surface area contributed by atoms with Gasteiger partial charge in [-0.2, -0.15) is 0 Å². The zero-order chi connectivity index (χ0) is 18.6. The Hall–Kier alpha value is -2.53. The Labute approximate surface area is 158 Å². The van der Waals surface area contributed by atoms with Gasteiger partial charge in [-0.15, -0.1) is 11.3 Å². The molecule has 0 unspecified atom stereocenters. The predicted octanol–water partition coefficient (Wildman–Crippen LogP) is 5.07. The number of rotatable bonds is 5. The Morgan fingerprint density at radius 3 is 2.58 bits per heavy atom. The molecule has 0 fully saturated rings. The molecule has 0 saturated carbocycles. The first-order valence-corrected chi connectivity index (χ1v) is 9.55. The lowest BCUT2D eigenvalue weighted by Gasteiger charge is -2.19. The van der Waals surface area contributed by atoms with Crippen LogP contribution in [0.2, 0.25) is 0 Å².